The zero-order valence-electron chi connectivity index (χ0n) is 14.2. The molecule has 0 aromatic heterocycles. The number of halogens is 2. The van der Waals surface area contributed by atoms with E-state index in [0.717, 1.165) is 0 Å². The van der Waals surface area contributed by atoms with Crippen LogP contribution in [0.25, 0.3) is 6.08 Å². The molecule has 0 N–H and O–H groups in total. The van der Waals surface area contributed by atoms with Crippen LogP contribution in [0.1, 0.15) is 12.5 Å². The van der Waals surface area contributed by atoms with E-state index >= 15 is 0 Å². The summed E-state index contributed by atoms with van der Waals surface area (Å²) in [5.41, 5.74) is 0.887. The fraction of sp³-hybridized carbons (Fsp3) is 0.235. The molecule has 0 spiro atoms. The molecule has 0 radical (unpaired) electrons. The van der Waals surface area contributed by atoms with Crippen LogP contribution in [0.2, 0.25) is 10.0 Å². The summed E-state index contributed by atoms with van der Waals surface area (Å²) in [6.07, 6.45) is 4.53. The summed E-state index contributed by atoms with van der Waals surface area (Å²) in [7, 11) is 2.57. The molecule has 140 valence electrons. The first-order valence-corrected chi connectivity index (χ1v) is 7.68. The van der Waals surface area contributed by atoms with Crippen molar-refractivity contribution in [1.29, 1.82) is 0 Å². The monoisotopic (exact) mass is 402 g/mol. The van der Waals surface area contributed by atoms with Gasteiger partial charge in [0.05, 0.1) is 19.2 Å². The molecule has 0 heterocycles. The van der Waals surface area contributed by atoms with Crippen molar-refractivity contribution in [1.82, 2.24) is 0 Å². The van der Waals surface area contributed by atoms with Gasteiger partial charge in [-0.25, -0.2) is 9.59 Å². The van der Waals surface area contributed by atoms with Gasteiger partial charge in [0.25, 0.3) is 0 Å². The molecule has 0 saturated carbocycles. The number of hydrogen-bond acceptors (Lipinski definition) is 7. The second kappa shape index (κ2) is 12.7. The smallest absolute Gasteiger partial charge is 0.373 e. The molecule has 0 bridgehead atoms. The SMILES string of the molecule is COC(=O)/C=C/COc1c(Cl)cc(Cl)cc1/C=C(\C)C(=O)OC.O=C=O. The predicted octanol–water partition coefficient (Wildman–Crippen LogP) is 3.09. The summed E-state index contributed by atoms with van der Waals surface area (Å²) in [4.78, 5) is 38.7. The van der Waals surface area contributed by atoms with Gasteiger partial charge in [0.2, 0.25) is 0 Å². The van der Waals surface area contributed by atoms with E-state index < -0.39 is 11.9 Å². The van der Waals surface area contributed by atoms with Gasteiger partial charge < -0.3 is 14.2 Å². The summed E-state index contributed by atoms with van der Waals surface area (Å²) in [6.45, 7) is 1.69. The fourth-order valence-electron chi connectivity index (χ4n) is 1.64. The molecule has 0 aliphatic rings. The first kappa shape index (κ1) is 23.4. The highest BCUT2D eigenvalue weighted by Gasteiger charge is 2.11. The minimum absolute atomic E-state index is 0.0918. The number of carbonyl (C=O) groups excluding carboxylic acids is 4. The second-order valence-corrected chi connectivity index (χ2v) is 5.29. The van der Waals surface area contributed by atoms with Gasteiger partial charge in [0.1, 0.15) is 12.4 Å². The van der Waals surface area contributed by atoms with E-state index in [4.69, 9.17) is 37.5 Å². The van der Waals surface area contributed by atoms with Crippen LogP contribution in [0.4, 0.5) is 0 Å². The fourth-order valence-corrected chi connectivity index (χ4v) is 2.20. The zero-order chi connectivity index (χ0) is 20.1. The van der Waals surface area contributed by atoms with E-state index in [9.17, 15) is 9.59 Å². The minimum Gasteiger partial charge on any atom is -0.487 e. The van der Waals surface area contributed by atoms with Crippen LogP contribution < -0.4 is 4.74 Å². The van der Waals surface area contributed by atoms with Gasteiger partial charge in [-0.3, -0.25) is 0 Å². The summed E-state index contributed by atoms with van der Waals surface area (Å²) in [5.74, 6) is -0.621. The van der Waals surface area contributed by atoms with Crippen LogP contribution in [0.5, 0.6) is 5.75 Å². The molecule has 1 aromatic carbocycles. The molecular weight excluding hydrogens is 387 g/mol. The Bertz CT molecular complexity index is 733. The summed E-state index contributed by atoms with van der Waals surface area (Å²) in [6, 6.07) is 3.13. The molecule has 0 atom stereocenters. The third-order valence-corrected chi connectivity index (χ3v) is 3.19. The molecule has 0 amide bonds. The Balaban J connectivity index is 0.00000194. The van der Waals surface area contributed by atoms with Gasteiger partial charge in [-0.1, -0.05) is 23.2 Å². The standard InChI is InChI=1S/C16H16Cl2O5.CO2/c1-10(16(20)22-3)7-11-8-12(17)9-13(18)15(11)23-6-4-5-14(19)21-2;2-1-3/h4-5,7-9H,6H2,1-3H3;/b5-4+,10-7+;. The zero-order valence-corrected chi connectivity index (χ0v) is 15.7. The molecule has 0 aliphatic heterocycles. The van der Waals surface area contributed by atoms with Gasteiger partial charge >= 0.3 is 18.1 Å². The Morgan fingerprint density at radius 3 is 2.31 bits per heavy atom. The largest absolute Gasteiger partial charge is 0.487 e. The van der Waals surface area contributed by atoms with Crippen molar-refractivity contribution in [2.24, 2.45) is 0 Å². The van der Waals surface area contributed by atoms with Crippen molar-refractivity contribution < 1.29 is 33.4 Å². The van der Waals surface area contributed by atoms with Crippen molar-refractivity contribution in [2.75, 3.05) is 20.8 Å². The Morgan fingerprint density at radius 2 is 1.77 bits per heavy atom. The number of esters is 2. The van der Waals surface area contributed by atoms with Gasteiger partial charge in [-0.05, 0) is 31.2 Å². The summed E-state index contributed by atoms with van der Waals surface area (Å²) < 4.78 is 14.7. The van der Waals surface area contributed by atoms with Crippen molar-refractivity contribution in [3.8, 4) is 5.75 Å². The topological polar surface area (TPSA) is 96.0 Å². The number of ether oxygens (including phenoxy) is 3. The van der Waals surface area contributed by atoms with Gasteiger partial charge in [0.15, 0.2) is 0 Å². The van der Waals surface area contributed by atoms with Crippen LogP contribution in [-0.4, -0.2) is 38.9 Å². The van der Waals surface area contributed by atoms with Crippen LogP contribution in [0, 0.1) is 0 Å². The summed E-state index contributed by atoms with van der Waals surface area (Å²) in [5, 5.41) is 0.684. The average Bonchev–Trinajstić information content (AvgIpc) is 2.59. The highest BCUT2D eigenvalue weighted by atomic mass is 35.5. The highest BCUT2D eigenvalue weighted by molar-refractivity contribution is 6.36. The highest BCUT2D eigenvalue weighted by Crippen LogP contribution is 2.34. The van der Waals surface area contributed by atoms with Gasteiger partial charge in [-0.2, -0.15) is 9.59 Å². The van der Waals surface area contributed by atoms with Crippen LogP contribution in [0.15, 0.2) is 29.9 Å². The van der Waals surface area contributed by atoms with Crippen molar-refractivity contribution >= 4 is 47.4 Å². The maximum atomic E-state index is 11.5. The predicted molar refractivity (Wildman–Crippen MR) is 93.8 cm³/mol. The molecular formula is C17H16Cl2O7. The minimum atomic E-state index is -0.488. The van der Waals surface area contributed by atoms with Crippen molar-refractivity contribution in [3.05, 3.63) is 45.5 Å². The normalized spacial score (nSPS) is 10.4. The second-order valence-electron chi connectivity index (χ2n) is 4.44. The van der Waals surface area contributed by atoms with Crippen molar-refractivity contribution in [2.45, 2.75) is 6.92 Å². The molecule has 1 aromatic rings. The molecule has 26 heavy (non-hydrogen) atoms. The quantitative estimate of drug-likeness (QED) is 0.532. The number of carbonyl (C=O) groups is 2. The molecule has 9 heteroatoms. The molecule has 0 aliphatic carbocycles. The van der Waals surface area contributed by atoms with E-state index in [1.165, 1.54) is 32.4 Å². The third kappa shape index (κ3) is 8.48. The third-order valence-electron chi connectivity index (χ3n) is 2.70. The van der Waals surface area contributed by atoms with E-state index in [1.807, 2.05) is 0 Å². The first-order chi connectivity index (χ1) is 12.3. The number of rotatable bonds is 6. The van der Waals surface area contributed by atoms with E-state index in [2.05, 4.69) is 9.47 Å². The first-order valence-electron chi connectivity index (χ1n) is 6.92. The number of benzene rings is 1. The lowest BCUT2D eigenvalue weighted by Gasteiger charge is -2.11. The lowest BCUT2D eigenvalue weighted by atomic mass is 10.1. The van der Waals surface area contributed by atoms with Gasteiger partial charge in [0, 0.05) is 22.2 Å². The van der Waals surface area contributed by atoms with E-state index in [-0.39, 0.29) is 17.8 Å². The molecule has 1 rings (SSSR count). The van der Waals surface area contributed by atoms with Crippen LogP contribution >= 0.6 is 23.2 Å². The maximum Gasteiger partial charge on any atom is 0.373 e. The Morgan fingerprint density at radius 1 is 1.15 bits per heavy atom. The molecule has 7 nitrogen and oxygen atoms in total. The maximum absolute atomic E-state index is 11.5. The number of methoxy groups -OCH3 is 2. The Labute approximate surface area is 160 Å². The van der Waals surface area contributed by atoms with Crippen LogP contribution in [0.3, 0.4) is 0 Å². The molecule has 0 saturated heterocycles. The summed E-state index contributed by atoms with van der Waals surface area (Å²) >= 11 is 12.1. The van der Waals surface area contributed by atoms with E-state index in [1.54, 1.807) is 19.1 Å². The average molecular weight is 403 g/mol. The Kier molecular flexibility index (Phi) is 11.4. The van der Waals surface area contributed by atoms with E-state index in [0.29, 0.717) is 21.9 Å². The number of hydrogen-bond donors (Lipinski definition) is 0. The molecule has 0 unspecified atom stereocenters. The van der Waals surface area contributed by atoms with Gasteiger partial charge in [-0.15, -0.1) is 0 Å². The lowest BCUT2D eigenvalue weighted by molar-refractivity contribution is -0.191. The molecule has 0 fully saturated rings. The van der Waals surface area contributed by atoms with Crippen molar-refractivity contribution in [3.63, 3.8) is 0 Å². The van der Waals surface area contributed by atoms with Crippen LogP contribution in [-0.2, 0) is 28.7 Å². The lowest BCUT2D eigenvalue weighted by Crippen LogP contribution is -2.02. The Hall–Kier alpha value is -2.60.